The molecule has 0 aliphatic heterocycles. The fourth-order valence-electron chi connectivity index (χ4n) is 1.69. The largest absolute Gasteiger partial charge is 0.496 e. The number of carbonyl (C=O) groups is 1. The van der Waals surface area contributed by atoms with E-state index in [0.29, 0.717) is 13.2 Å². The number of nitrogens with one attached hydrogen (secondary N) is 1. The Kier molecular flexibility index (Phi) is 5.65. The Morgan fingerprint density at radius 3 is 2.56 bits per heavy atom. The van der Waals surface area contributed by atoms with Crippen molar-refractivity contribution in [2.45, 2.75) is 27.3 Å². The molecule has 0 aliphatic carbocycles. The summed E-state index contributed by atoms with van der Waals surface area (Å²) >= 11 is 0. The Balaban J connectivity index is 2.61. The molecule has 1 aromatic carbocycles. The van der Waals surface area contributed by atoms with E-state index in [2.05, 4.69) is 18.3 Å². The van der Waals surface area contributed by atoms with Crippen molar-refractivity contribution in [1.29, 1.82) is 0 Å². The van der Waals surface area contributed by atoms with E-state index in [-0.39, 0.29) is 12.5 Å². The first-order valence-corrected chi connectivity index (χ1v) is 6.09. The first kappa shape index (κ1) is 14.5. The number of methoxy groups -OCH3 is 1. The van der Waals surface area contributed by atoms with Gasteiger partial charge in [0.2, 0.25) is 0 Å². The lowest BCUT2D eigenvalue weighted by Crippen LogP contribution is -2.24. The number of esters is 1. The van der Waals surface area contributed by atoms with Gasteiger partial charge in [-0.25, -0.2) is 0 Å². The zero-order chi connectivity index (χ0) is 13.5. The number of rotatable bonds is 6. The molecule has 0 bridgehead atoms. The molecule has 0 radical (unpaired) electrons. The Morgan fingerprint density at radius 1 is 1.28 bits per heavy atom. The van der Waals surface area contributed by atoms with Gasteiger partial charge >= 0.3 is 5.97 Å². The van der Waals surface area contributed by atoms with Crippen molar-refractivity contribution in [3.63, 3.8) is 0 Å². The third-order valence-electron chi connectivity index (χ3n) is 2.79. The molecule has 0 saturated carbocycles. The van der Waals surface area contributed by atoms with Gasteiger partial charge in [0.25, 0.3) is 0 Å². The molecular formula is C14H21NO3. The number of hydrogen-bond donors (Lipinski definition) is 1. The predicted molar refractivity (Wildman–Crippen MR) is 70.8 cm³/mol. The predicted octanol–water partition coefficient (Wildman–Crippen LogP) is 1.96. The van der Waals surface area contributed by atoms with Crippen molar-refractivity contribution in [3.05, 3.63) is 28.8 Å². The zero-order valence-electron chi connectivity index (χ0n) is 11.5. The molecule has 100 valence electrons. The quantitative estimate of drug-likeness (QED) is 0.785. The summed E-state index contributed by atoms with van der Waals surface area (Å²) in [5.41, 5.74) is 3.45. The minimum Gasteiger partial charge on any atom is -0.496 e. The average Bonchev–Trinajstić information content (AvgIpc) is 2.33. The molecule has 0 unspecified atom stereocenters. The maximum atomic E-state index is 11.2. The van der Waals surface area contributed by atoms with E-state index >= 15 is 0 Å². The fraction of sp³-hybridized carbons (Fsp3) is 0.500. The molecule has 1 aromatic rings. The second-order valence-electron chi connectivity index (χ2n) is 4.16. The van der Waals surface area contributed by atoms with Gasteiger partial charge in [-0.2, -0.15) is 0 Å². The van der Waals surface area contributed by atoms with Crippen LogP contribution in [0.25, 0.3) is 0 Å². The van der Waals surface area contributed by atoms with E-state index in [4.69, 9.17) is 9.47 Å². The highest BCUT2D eigenvalue weighted by atomic mass is 16.5. The minimum absolute atomic E-state index is 0.212. The van der Waals surface area contributed by atoms with Crippen LogP contribution in [0.4, 0.5) is 0 Å². The molecule has 0 saturated heterocycles. The van der Waals surface area contributed by atoms with Crippen molar-refractivity contribution in [1.82, 2.24) is 5.32 Å². The highest BCUT2D eigenvalue weighted by Gasteiger charge is 2.07. The fourth-order valence-corrected chi connectivity index (χ4v) is 1.69. The maximum absolute atomic E-state index is 11.2. The summed E-state index contributed by atoms with van der Waals surface area (Å²) in [7, 11) is 1.65. The van der Waals surface area contributed by atoms with Crippen LogP contribution in [0.1, 0.15) is 23.6 Å². The normalized spacial score (nSPS) is 10.2. The first-order valence-electron chi connectivity index (χ1n) is 6.09. The summed E-state index contributed by atoms with van der Waals surface area (Å²) in [6.45, 7) is 7.11. The number of carbonyl (C=O) groups excluding carboxylic acids is 1. The topological polar surface area (TPSA) is 47.6 Å². The molecule has 18 heavy (non-hydrogen) atoms. The number of benzene rings is 1. The summed E-state index contributed by atoms with van der Waals surface area (Å²) in [6, 6.07) is 4.09. The molecule has 0 heterocycles. The Labute approximate surface area is 108 Å². The Hall–Kier alpha value is -1.55. The van der Waals surface area contributed by atoms with E-state index in [1.165, 1.54) is 11.1 Å². The van der Waals surface area contributed by atoms with Crippen LogP contribution in [0.5, 0.6) is 5.75 Å². The molecule has 0 spiro atoms. The maximum Gasteiger partial charge on any atom is 0.319 e. The highest BCUT2D eigenvalue weighted by Crippen LogP contribution is 2.22. The number of ether oxygens (including phenoxy) is 2. The molecule has 0 fully saturated rings. The van der Waals surface area contributed by atoms with Crippen LogP contribution in [-0.4, -0.2) is 26.2 Å². The third-order valence-corrected chi connectivity index (χ3v) is 2.79. The lowest BCUT2D eigenvalue weighted by atomic mass is 10.0. The van der Waals surface area contributed by atoms with Crippen LogP contribution in [-0.2, 0) is 16.1 Å². The van der Waals surface area contributed by atoms with Gasteiger partial charge in [0.1, 0.15) is 5.75 Å². The number of aryl methyl sites for hydroxylation is 2. The van der Waals surface area contributed by atoms with Crippen molar-refractivity contribution >= 4 is 5.97 Å². The minimum atomic E-state index is -0.236. The number of hydrogen-bond acceptors (Lipinski definition) is 4. The SMILES string of the molecule is CCOC(=O)CNCc1cc(C)c(C)cc1OC. The standard InChI is InChI=1S/C14H21NO3/c1-5-18-14(16)9-15-8-12-6-10(2)11(3)7-13(12)17-4/h6-7,15H,5,8-9H2,1-4H3. The van der Waals surface area contributed by atoms with Crippen LogP contribution in [0.2, 0.25) is 0 Å². The molecule has 1 rings (SSSR count). The first-order chi connectivity index (χ1) is 8.58. The summed E-state index contributed by atoms with van der Waals surface area (Å²) in [4.78, 5) is 11.2. The van der Waals surface area contributed by atoms with Crippen LogP contribution < -0.4 is 10.1 Å². The van der Waals surface area contributed by atoms with Crippen molar-refractivity contribution in [2.75, 3.05) is 20.3 Å². The summed E-state index contributed by atoms with van der Waals surface area (Å²) in [5.74, 6) is 0.606. The highest BCUT2D eigenvalue weighted by molar-refractivity contribution is 5.71. The molecule has 4 nitrogen and oxygen atoms in total. The van der Waals surface area contributed by atoms with Gasteiger partial charge < -0.3 is 14.8 Å². The van der Waals surface area contributed by atoms with Gasteiger partial charge in [-0.1, -0.05) is 6.07 Å². The zero-order valence-corrected chi connectivity index (χ0v) is 11.5. The monoisotopic (exact) mass is 251 g/mol. The summed E-state index contributed by atoms with van der Waals surface area (Å²) in [6.07, 6.45) is 0. The van der Waals surface area contributed by atoms with E-state index in [1.54, 1.807) is 14.0 Å². The van der Waals surface area contributed by atoms with E-state index in [0.717, 1.165) is 11.3 Å². The smallest absolute Gasteiger partial charge is 0.319 e. The molecule has 0 aromatic heterocycles. The van der Waals surface area contributed by atoms with Crippen LogP contribution in [0.15, 0.2) is 12.1 Å². The average molecular weight is 251 g/mol. The van der Waals surface area contributed by atoms with Gasteiger partial charge in [-0.3, -0.25) is 4.79 Å². The Morgan fingerprint density at radius 2 is 1.94 bits per heavy atom. The molecule has 1 N–H and O–H groups in total. The van der Waals surface area contributed by atoms with Gasteiger partial charge in [-0.05, 0) is 38.0 Å². The van der Waals surface area contributed by atoms with Crippen molar-refractivity contribution < 1.29 is 14.3 Å². The van der Waals surface area contributed by atoms with Gasteiger partial charge in [0, 0.05) is 12.1 Å². The lowest BCUT2D eigenvalue weighted by Gasteiger charge is -2.12. The summed E-state index contributed by atoms with van der Waals surface area (Å²) in [5, 5.41) is 3.05. The van der Waals surface area contributed by atoms with Crippen LogP contribution >= 0.6 is 0 Å². The van der Waals surface area contributed by atoms with Gasteiger partial charge in [-0.15, -0.1) is 0 Å². The third kappa shape index (κ3) is 4.04. The van der Waals surface area contributed by atoms with E-state index < -0.39 is 0 Å². The van der Waals surface area contributed by atoms with Crippen LogP contribution in [0, 0.1) is 13.8 Å². The van der Waals surface area contributed by atoms with E-state index in [1.807, 2.05) is 13.0 Å². The molecule has 0 amide bonds. The summed E-state index contributed by atoms with van der Waals surface area (Å²) < 4.78 is 10.2. The molecule has 0 atom stereocenters. The Bertz CT molecular complexity index is 416. The lowest BCUT2D eigenvalue weighted by molar-refractivity contribution is -0.142. The van der Waals surface area contributed by atoms with Crippen LogP contribution in [0.3, 0.4) is 0 Å². The van der Waals surface area contributed by atoms with Crippen molar-refractivity contribution in [2.24, 2.45) is 0 Å². The second-order valence-corrected chi connectivity index (χ2v) is 4.16. The van der Waals surface area contributed by atoms with Gasteiger partial charge in [0.15, 0.2) is 0 Å². The van der Waals surface area contributed by atoms with E-state index in [9.17, 15) is 4.79 Å². The molecule has 4 heteroatoms. The second kappa shape index (κ2) is 7.01. The van der Waals surface area contributed by atoms with Crippen molar-refractivity contribution in [3.8, 4) is 5.75 Å². The van der Waals surface area contributed by atoms with Gasteiger partial charge in [0.05, 0.1) is 20.3 Å². The molecule has 0 aliphatic rings. The molecular weight excluding hydrogens is 230 g/mol.